The summed E-state index contributed by atoms with van der Waals surface area (Å²) < 4.78 is 0.969. The molecule has 1 heterocycles. The van der Waals surface area contributed by atoms with Crippen LogP contribution >= 0.6 is 15.9 Å². The van der Waals surface area contributed by atoms with Crippen LogP contribution in [0.25, 0.3) is 6.08 Å². The lowest BCUT2D eigenvalue weighted by atomic mass is 10.0. The van der Waals surface area contributed by atoms with E-state index in [4.69, 9.17) is 0 Å². The highest BCUT2D eigenvalue weighted by atomic mass is 79.9. The highest BCUT2D eigenvalue weighted by Crippen LogP contribution is 2.19. The number of carbonyl (C=O) groups is 1. The second-order valence-electron chi connectivity index (χ2n) is 4.72. The Morgan fingerprint density at radius 3 is 2.95 bits per heavy atom. The minimum atomic E-state index is -0.0230. The Morgan fingerprint density at radius 1 is 1.42 bits per heavy atom. The molecule has 102 valence electrons. The molecule has 3 nitrogen and oxygen atoms in total. The van der Waals surface area contributed by atoms with E-state index in [1.54, 1.807) is 11.0 Å². The number of nitrogens with zero attached hydrogens (tertiary/aromatic N) is 1. The number of rotatable bonds is 3. The second kappa shape index (κ2) is 6.87. The highest BCUT2D eigenvalue weighted by molar-refractivity contribution is 9.10. The van der Waals surface area contributed by atoms with Crippen LogP contribution in [0.5, 0.6) is 0 Å². The van der Waals surface area contributed by atoms with Crippen LogP contribution in [-0.2, 0) is 4.79 Å². The third-order valence-electron chi connectivity index (χ3n) is 3.43. The Hall–Kier alpha value is -1.13. The number of hydrogen-bond donors (Lipinski definition) is 1. The standard InChI is InChI=1S/C15H18BrNO2/c16-14-7-2-1-5-12(14)8-9-15(19)17-10-4-3-6-13(17)11-18/h1-2,5,7-9,13,18H,3-4,6,10-11H2/b9-8+. The largest absolute Gasteiger partial charge is 0.394 e. The van der Waals surface area contributed by atoms with Gasteiger partial charge in [-0.2, -0.15) is 0 Å². The molecule has 1 unspecified atom stereocenters. The average Bonchev–Trinajstić information content (AvgIpc) is 2.46. The lowest BCUT2D eigenvalue weighted by Gasteiger charge is -2.33. The van der Waals surface area contributed by atoms with Gasteiger partial charge in [0, 0.05) is 17.1 Å². The van der Waals surface area contributed by atoms with Gasteiger partial charge in [-0.25, -0.2) is 0 Å². The number of aliphatic hydroxyl groups is 1. The first-order chi connectivity index (χ1) is 9.22. The van der Waals surface area contributed by atoms with Gasteiger partial charge in [0.2, 0.25) is 5.91 Å². The quantitative estimate of drug-likeness (QED) is 0.869. The first kappa shape index (κ1) is 14.3. The van der Waals surface area contributed by atoms with E-state index >= 15 is 0 Å². The van der Waals surface area contributed by atoms with Crippen LogP contribution in [0.3, 0.4) is 0 Å². The van der Waals surface area contributed by atoms with Crippen molar-refractivity contribution in [1.82, 2.24) is 4.90 Å². The minimum Gasteiger partial charge on any atom is -0.394 e. The Labute approximate surface area is 122 Å². The van der Waals surface area contributed by atoms with Gasteiger partial charge in [-0.3, -0.25) is 4.79 Å². The molecule has 0 radical (unpaired) electrons. The zero-order chi connectivity index (χ0) is 13.7. The molecule has 1 fully saturated rings. The number of benzene rings is 1. The molecule has 2 rings (SSSR count). The van der Waals surface area contributed by atoms with Crippen molar-refractivity contribution < 1.29 is 9.90 Å². The predicted molar refractivity (Wildman–Crippen MR) is 79.6 cm³/mol. The number of piperidine rings is 1. The van der Waals surface area contributed by atoms with Crippen molar-refractivity contribution in [2.45, 2.75) is 25.3 Å². The molecule has 0 spiro atoms. The van der Waals surface area contributed by atoms with E-state index in [0.29, 0.717) is 0 Å². The molecule has 0 aromatic heterocycles. The number of carbonyl (C=O) groups excluding carboxylic acids is 1. The molecule has 1 aliphatic heterocycles. The van der Waals surface area contributed by atoms with Crippen molar-refractivity contribution >= 4 is 27.9 Å². The first-order valence-corrected chi connectivity index (χ1v) is 7.35. The Bertz CT molecular complexity index is 473. The molecular weight excluding hydrogens is 306 g/mol. The van der Waals surface area contributed by atoms with Crippen molar-refractivity contribution in [3.63, 3.8) is 0 Å². The molecule has 1 aromatic rings. The third-order valence-corrected chi connectivity index (χ3v) is 4.15. The Kier molecular flexibility index (Phi) is 5.16. The molecule has 0 saturated carbocycles. The predicted octanol–water partition coefficient (Wildman–Crippen LogP) is 2.84. The summed E-state index contributed by atoms with van der Waals surface area (Å²) in [6.45, 7) is 0.791. The smallest absolute Gasteiger partial charge is 0.246 e. The number of halogens is 1. The second-order valence-corrected chi connectivity index (χ2v) is 5.57. The fourth-order valence-electron chi connectivity index (χ4n) is 2.35. The summed E-state index contributed by atoms with van der Waals surface area (Å²) in [6.07, 6.45) is 6.41. The molecule has 1 N–H and O–H groups in total. The van der Waals surface area contributed by atoms with Gasteiger partial charge < -0.3 is 10.0 Å². The zero-order valence-corrected chi connectivity index (χ0v) is 12.3. The van der Waals surface area contributed by atoms with E-state index in [1.165, 1.54) is 0 Å². The fraction of sp³-hybridized carbons (Fsp3) is 0.400. The summed E-state index contributed by atoms with van der Waals surface area (Å²) in [5.74, 6) is -0.0190. The summed E-state index contributed by atoms with van der Waals surface area (Å²) in [7, 11) is 0. The molecule has 1 aromatic carbocycles. The monoisotopic (exact) mass is 323 g/mol. The van der Waals surface area contributed by atoms with Gasteiger partial charge >= 0.3 is 0 Å². The summed E-state index contributed by atoms with van der Waals surface area (Å²) in [4.78, 5) is 13.9. The van der Waals surface area contributed by atoms with Gasteiger partial charge in [0.05, 0.1) is 12.6 Å². The van der Waals surface area contributed by atoms with Crippen molar-refractivity contribution in [2.24, 2.45) is 0 Å². The van der Waals surface area contributed by atoms with Gasteiger partial charge in [0.15, 0.2) is 0 Å². The molecule has 1 aliphatic rings. The molecule has 1 atom stereocenters. The molecule has 1 amide bonds. The minimum absolute atomic E-state index is 0.0190. The molecule has 0 bridgehead atoms. The number of likely N-dealkylation sites (tertiary alicyclic amines) is 1. The van der Waals surface area contributed by atoms with Crippen LogP contribution in [0.15, 0.2) is 34.8 Å². The van der Waals surface area contributed by atoms with Crippen LogP contribution in [0.1, 0.15) is 24.8 Å². The van der Waals surface area contributed by atoms with Crippen LogP contribution < -0.4 is 0 Å². The summed E-state index contributed by atoms with van der Waals surface area (Å²) >= 11 is 3.45. The lowest BCUT2D eigenvalue weighted by Crippen LogP contribution is -2.44. The summed E-state index contributed by atoms with van der Waals surface area (Å²) in [5, 5.41) is 9.31. The highest BCUT2D eigenvalue weighted by Gasteiger charge is 2.24. The van der Waals surface area contributed by atoms with Crippen LogP contribution in [-0.4, -0.2) is 35.1 Å². The molecular formula is C15H18BrNO2. The number of amides is 1. The normalized spacial score (nSPS) is 19.9. The Balaban J connectivity index is 2.06. The summed E-state index contributed by atoms with van der Waals surface area (Å²) in [5.41, 5.74) is 0.980. The van der Waals surface area contributed by atoms with Crippen LogP contribution in [0.2, 0.25) is 0 Å². The van der Waals surface area contributed by atoms with Gasteiger partial charge in [0.25, 0.3) is 0 Å². The van der Waals surface area contributed by atoms with E-state index < -0.39 is 0 Å². The maximum Gasteiger partial charge on any atom is 0.246 e. The van der Waals surface area contributed by atoms with Gasteiger partial charge in [-0.15, -0.1) is 0 Å². The van der Waals surface area contributed by atoms with E-state index in [9.17, 15) is 9.90 Å². The van der Waals surface area contributed by atoms with Crippen molar-refractivity contribution in [3.8, 4) is 0 Å². The van der Waals surface area contributed by atoms with Crippen LogP contribution in [0.4, 0.5) is 0 Å². The van der Waals surface area contributed by atoms with Crippen molar-refractivity contribution in [2.75, 3.05) is 13.2 Å². The van der Waals surface area contributed by atoms with Gasteiger partial charge in [0.1, 0.15) is 0 Å². The van der Waals surface area contributed by atoms with E-state index in [0.717, 1.165) is 35.8 Å². The van der Waals surface area contributed by atoms with Crippen molar-refractivity contribution in [1.29, 1.82) is 0 Å². The number of hydrogen-bond acceptors (Lipinski definition) is 2. The molecule has 19 heavy (non-hydrogen) atoms. The lowest BCUT2D eigenvalue weighted by molar-refractivity contribution is -0.130. The zero-order valence-electron chi connectivity index (χ0n) is 10.8. The van der Waals surface area contributed by atoms with E-state index in [2.05, 4.69) is 15.9 Å². The SMILES string of the molecule is O=C(/C=C/c1ccccc1Br)N1CCCCC1CO. The average molecular weight is 324 g/mol. The maximum absolute atomic E-state index is 12.2. The van der Waals surface area contributed by atoms with E-state index in [-0.39, 0.29) is 18.6 Å². The molecule has 4 heteroatoms. The van der Waals surface area contributed by atoms with Gasteiger partial charge in [-0.1, -0.05) is 34.1 Å². The van der Waals surface area contributed by atoms with Crippen LogP contribution in [0, 0.1) is 0 Å². The molecule has 1 saturated heterocycles. The molecule has 0 aliphatic carbocycles. The van der Waals surface area contributed by atoms with Gasteiger partial charge in [-0.05, 0) is 37.0 Å². The number of aliphatic hydroxyl groups excluding tert-OH is 1. The van der Waals surface area contributed by atoms with Crippen molar-refractivity contribution in [3.05, 3.63) is 40.4 Å². The Morgan fingerprint density at radius 2 is 2.21 bits per heavy atom. The fourth-order valence-corrected chi connectivity index (χ4v) is 2.76. The third kappa shape index (κ3) is 3.67. The maximum atomic E-state index is 12.2. The first-order valence-electron chi connectivity index (χ1n) is 6.56. The topological polar surface area (TPSA) is 40.5 Å². The summed E-state index contributed by atoms with van der Waals surface area (Å²) in [6, 6.07) is 7.75. The van der Waals surface area contributed by atoms with E-state index in [1.807, 2.05) is 30.3 Å².